The van der Waals surface area contributed by atoms with Crippen LogP contribution in [0.4, 0.5) is 0 Å². The van der Waals surface area contributed by atoms with Crippen molar-refractivity contribution in [3.8, 4) is 6.07 Å². The van der Waals surface area contributed by atoms with Crippen LogP contribution in [0.1, 0.15) is 22.7 Å². The van der Waals surface area contributed by atoms with Gasteiger partial charge in [-0.05, 0) is 36.8 Å². The molecule has 0 aliphatic rings. The third kappa shape index (κ3) is 4.71. The van der Waals surface area contributed by atoms with Crippen LogP contribution in [0.2, 0.25) is 0 Å². The molecule has 0 amide bonds. The number of hydrogen-bond acceptors (Lipinski definition) is 4. The van der Waals surface area contributed by atoms with Gasteiger partial charge in [0.15, 0.2) is 0 Å². The van der Waals surface area contributed by atoms with Gasteiger partial charge in [0, 0.05) is 4.92 Å². The highest BCUT2D eigenvalue weighted by Gasteiger charge is 2.20. The van der Waals surface area contributed by atoms with Crippen LogP contribution in [0, 0.1) is 28.4 Å². The van der Waals surface area contributed by atoms with E-state index in [9.17, 15) is 14.3 Å². The minimum atomic E-state index is -1.57. The molecule has 2 aromatic rings. The van der Waals surface area contributed by atoms with Crippen molar-refractivity contribution in [2.75, 3.05) is 6.54 Å². The second-order valence-electron chi connectivity index (χ2n) is 5.00. The molecule has 0 aliphatic carbocycles. The molecule has 0 bridgehead atoms. The molecule has 0 unspecified atom stereocenters. The molecule has 0 spiro atoms. The average Bonchev–Trinajstić information content (AvgIpc) is 2.54. The first-order valence-corrected chi connectivity index (χ1v) is 8.01. The molecule has 0 radical (unpaired) electrons. The maximum atomic E-state index is 12.4. The predicted molar refractivity (Wildman–Crippen MR) is 86.5 cm³/mol. The van der Waals surface area contributed by atoms with Crippen LogP contribution < -0.4 is 4.72 Å². The van der Waals surface area contributed by atoms with E-state index in [1.54, 1.807) is 36.4 Å². The molecule has 7 heteroatoms. The molecule has 0 heterocycles. The summed E-state index contributed by atoms with van der Waals surface area (Å²) in [5.74, 6) is 0. The van der Waals surface area contributed by atoms with Gasteiger partial charge in [-0.2, -0.15) is 5.26 Å². The Morgan fingerprint density at radius 1 is 1.22 bits per heavy atom. The molecule has 1 N–H and O–H groups in total. The zero-order valence-electron chi connectivity index (χ0n) is 12.4. The number of rotatable bonds is 6. The van der Waals surface area contributed by atoms with Gasteiger partial charge >= 0.3 is 0 Å². The SMILES string of the molecule is Cc1ccc([S@](=O)N[C@@H](C[N+](=O)[O-])c2ccc(C#N)cc2)cc1. The number of nitrogens with one attached hydrogen (secondary N) is 1. The van der Waals surface area contributed by atoms with Crippen LogP contribution >= 0.6 is 0 Å². The second-order valence-corrected chi connectivity index (χ2v) is 6.25. The molecule has 2 atom stereocenters. The lowest BCUT2D eigenvalue weighted by atomic mass is 10.1. The summed E-state index contributed by atoms with van der Waals surface area (Å²) in [5.41, 5.74) is 2.12. The largest absolute Gasteiger partial charge is 0.264 e. The number of nitro groups is 1. The quantitative estimate of drug-likeness (QED) is 0.650. The zero-order chi connectivity index (χ0) is 16.8. The number of aryl methyl sites for hydroxylation is 1. The van der Waals surface area contributed by atoms with Crippen LogP contribution in [0.3, 0.4) is 0 Å². The number of nitriles is 1. The Bertz CT molecular complexity index is 752. The molecule has 0 fully saturated rings. The van der Waals surface area contributed by atoms with Gasteiger partial charge in [-0.25, -0.2) is 8.93 Å². The standard InChI is InChI=1S/C16H15N3O3S/c1-12-2-8-15(9-3-12)23(22)18-16(11-19(20)21)14-6-4-13(10-17)5-7-14/h2-9,16,18H,11H2,1H3/t16-,23-/m0/s1. The average molecular weight is 329 g/mol. The lowest BCUT2D eigenvalue weighted by Gasteiger charge is -2.15. The Kier molecular flexibility index (Phi) is 5.57. The van der Waals surface area contributed by atoms with E-state index in [1.165, 1.54) is 0 Å². The van der Waals surface area contributed by atoms with Gasteiger partial charge in [0.25, 0.3) is 0 Å². The molecule has 0 saturated carbocycles. The smallest absolute Gasteiger partial charge is 0.224 e. The fourth-order valence-electron chi connectivity index (χ4n) is 2.01. The summed E-state index contributed by atoms with van der Waals surface area (Å²) in [6, 6.07) is 14.8. The third-order valence-electron chi connectivity index (χ3n) is 3.26. The van der Waals surface area contributed by atoms with E-state index >= 15 is 0 Å². The molecule has 0 aliphatic heterocycles. The molecule has 2 rings (SSSR count). The molecule has 118 valence electrons. The normalized spacial score (nSPS) is 13.0. The Labute approximate surface area is 136 Å². The van der Waals surface area contributed by atoms with Crippen molar-refractivity contribution < 1.29 is 9.13 Å². The summed E-state index contributed by atoms with van der Waals surface area (Å²) in [5, 5.41) is 19.7. The maximum absolute atomic E-state index is 12.4. The van der Waals surface area contributed by atoms with E-state index in [2.05, 4.69) is 4.72 Å². The van der Waals surface area contributed by atoms with Gasteiger partial charge in [-0.3, -0.25) is 10.1 Å². The highest BCUT2D eigenvalue weighted by atomic mass is 32.2. The Morgan fingerprint density at radius 3 is 2.35 bits per heavy atom. The van der Waals surface area contributed by atoms with E-state index < -0.39 is 28.5 Å². The van der Waals surface area contributed by atoms with E-state index in [4.69, 9.17) is 5.26 Å². The number of benzene rings is 2. The van der Waals surface area contributed by atoms with Crippen LogP contribution in [0.25, 0.3) is 0 Å². The second kappa shape index (κ2) is 7.63. The number of nitrogens with zero attached hydrogens (tertiary/aromatic N) is 2. The van der Waals surface area contributed by atoms with Crippen molar-refractivity contribution in [1.82, 2.24) is 4.72 Å². The van der Waals surface area contributed by atoms with Crippen molar-refractivity contribution in [3.63, 3.8) is 0 Å². The van der Waals surface area contributed by atoms with Crippen molar-refractivity contribution in [2.24, 2.45) is 0 Å². The lowest BCUT2D eigenvalue weighted by molar-refractivity contribution is -0.483. The van der Waals surface area contributed by atoms with Crippen molar-refractivity contribution >= 4 is 11.0 Å². The molecule has 6 nitrogen and oxygen atoms in total. The highest BCUT2D eigenvalue weighted by Crippen LogP contribution is 2.17. The molecule has 23 heavy (non-hydrogen) atoms. The first kappa shape index (κ1) is 16.8. The van der Waals surface area contributed by atoms with Crippen LogP contribution in [0.5, 0.6) is 0 Å². The lowest BCUT2D eigenvalue weighted by Crippen LogP contribution is -2.29. The van der Waals surface area contributed by atoms with Gasteiger partial charge in [0.2, 0.25) is 6.54 Å². The van der Waals surface area contributed by atoms with Crippen LogP contribution in [-0.4, -0.2) is 15.7 Å². The van der Waals surface area contributed by atoms with Gasteiger partial charge < -0.3 is 0 Å². The zero-order valence-corrected chi connectivity index (χ0v) is 13.2. The maximum Gasteiger partial charge on any atom is 0.224 e. The monoisotopic (exact) mass is 329 g/mol. The minimum absolute atomic E-state index is 0.399. The molecular formula is C16H15N3O3S. The van der Waals surface area contributed by atoms with E-state index in [0.29, 0.717) is 16.0 Å². The highest BCUT2D eigenvalue weighted by molar-refractivity contribution is 7.83. The minimum Gasteiger partial charge on any atom is -0.264 e. The molecule has 0 saturated heterocycles. The van der Waals surface area contributed by atoms with Gasteiger partial charge in [-0.15, -0.1) is 0 Å². The van der Waals surface area contributed by atoms with E-state index in [1.807, 2.05) is 25.1 Å². The molecular weight excluding hydrogens is 314 g/mol. The van der Waals surface area contributed by atoms with E-state index in [0.717, 1.165) is 5.56 Å². The Hall–Kier alpha value is -2.56. The number of hydrogen-bond donors (Lipinski definition) is 1. The van der Waals surface area contributed by atoms with Crippen LogP contribution in [-0.2, 0) is 11.0 Å². The first-order chi connectivity index (χ1) is 11.0. The topological polar surface area (TPSA) is 96.0 Å². The van der Waals surface area contributed by atoms with Crippen molar-refractivity contribution in [2.45, 2.75) is 17.9 Å². The fraction of sp³-hybridized carbons (Fsp3) is 0.188. The first-order valence-electron chi connectivity index (χ1n) is 6.86. The fourth-order valence-corrected chi connectivity index (χ4v) is 3.00. The third-order valence-corrected chi connectivity index (χ3v) is 4.46. The summed E-state index contributed by atoms with van der Waals surface area (Å²) >= 11 is 0. The van der Waals surface area contributed by atoms with Crippen molar-refractivity contribution in [1.29, 1.82) is 5.26 Å². The Morgan fingerprint density at radius 2 is 1.83 bits per heavy atom. The summed E-state index contributed by atoms with van der Waals surface area (Å²) in [6.45, 7) is 1.52. The summed E-state index contributed by atoms with van der Waals surface area (Å²) in [7, 11) is -1.57. The summed E-state index contributed by atoms with van der Waals surface area (Å²) in [4.78, 5) is 11.0. The predicted octanol–water partition coefficient (Wildman–Crippen LogP) is 2.50. The van der Waals surface area contributed by atoms with Gasteiger partial charge in [0.05, 0.1) is 16.5 Å². The van der Waals surface area contributed by atoms with Crippen molar-refractivity contribution in [3.05, 3.63) is 75.3 Å². The van der Waals surface area contributed by atoms with Gasteiger partial charge in [-0.1, -0.05) is 29.8 Å². The van der Waals surface area contributed by atoms with Gasteiger partial charge in [0.1, 0.15) is 17.0 Å². The van der Waals surface area contributed by atoms with E-state index in [-0.39, 0.29) is 0 Å². The summed E-state index contributed by atoms with van der Waals surface area (Å²) < 4.78 is 15.2. The Balaban J connectivity index is 2.20. The van der Waals surface area contributed by atoms with Crippen LogP contribution in [0.15, 0.2) is 53.4 Å². The molecule has 2 aromatic carbocycles. The summed E-state index contributed by atoms with van der Waals surface area (Å²) in [6.07, 6.45) is 0. The molecule has 0 aromatic heterocycles.